The highest BCUT2D eigenvalue weighted by Crippen LogP contribution is 2.37. The Morgan fingerprint density at radius 2 is 2.08 bits per heavy atom. The summed E-state index contributed by atoms with van der Waals surface area (Å²) in [7, 11) is 0. The van der Waals surface area contributed by atoms with Gasteiger partial charge in [0.05, 0.1) is 6.42 Å². The van der Waals surface area contributed by atoms with E-state index < -0.39 is 5.97 Å². The molecule has 13 heavy (non-hydrogen) atoms. The van der Waals surface area contributed by atoms with E-state index in [2.05, 4.69) is 0 Å². The molecule has 0 bridgehead atoms. The number of aliphatic carboxylic acids is 1. The van der Waals surface area contributed by atoms with Gasteiger partial charge >= 0.3 is 5.97 Å². The van der Waals surface area contributed by atoms with E-state index in [1.54, 1.807) is 4.90 Å². The summed E-state index contributed by atoms with van der Waals surface area (Å²) in [4.78, 5) is 23.2. The van der Waals surface area contributed by atoms with Crippen LogP contribution in [0.25, 0.3) is 0 Å². The van der Waals surface area contributed by atoms with E-state index in [0.717, 1.165) is 0 Å². The molecule has 0 spiro atoms. The van der Waals surface area contributed by atoms with Crippen molar-refractivity contribution in [1.29, 1.82) is 0 Å². The molecule has 4 heteroatoms. The number of hydrogen-bond donors (Lipinski definition) is 1. The molecule has 0 saturated carbocycles. The zero-order valence-corrected chi connectivity index (χ0v) is 8.20. The lowest BCUT2D eigenvalue weighted by molar-refractivity contribution is -0.158. The summed E-state index contributed by atoms with van der Waals surface area (Å²) in [6.45, 7) is 5.91. The second kappa shape index (κ2) is 3.01. The number of carboxylic acids is 1. The van der Waals surface area contributed by atoms with Gasteiger partial charge in [0.25, 0.3) is 0 Å². The quantitative estimate of drug-likeness (QED) is 0.689. The highest BCUT2D eigenvalue weighted by molar-refractivity contribution is 5.76. The van der Waals surface area contributed by atoms with Gasteiger partial charge in [-0.15, -0.1) is 0 Å². The molecule has 0 aromatic rings. The van der Waals surface area contributed by atoms with Crippen LogP contribution in [0.5, 0.6) is 0 Å². The van der Waals surface area contributed by atoms with E-state index in [-0.39, 0.29) is 23.8 Å². The smallest absolute Gasteiger partial charge is 0.303 e. The van der Waals surface area contributed by atoms with Gasteiger partial charge in [0.2, 0.25) is 5.91 Å². The lowest BCUT2D eigenvalue weighted by Gasteiger charge is -2.54. The number of amides is 1. The number of likely N-dealkylation sites (tertiary alicyclic amines) is 1. The summed E-state index contributed by atoms with van der Waals surface area (Å²) in [5.74, 6) is -0.679. The van der Waals surface area contributed by atoms with Crippen LogP contribution in [0.1, 0.15) is 27.2 Å². The molecule has 0 aliphatic carbocycles. The van der Waals surface area contributed by atoms with E-state index in [9.17, 15) is 9.59 Å². The molecule has 4 nitrogen and oxygen atoms in total. The highest BCUT2D eigenvalue weighted by atomic mass is 16.4. The van der Waals surface area contributed by atoms with Crippen LogP contribution in [-0.4, -0.2) is 34.0 Å². The fraction of sp³-hybridized carbons (Fsp3) is 0.778. The maximum atomic E-state index is 11.1. The standard InChI is InChI=1S/C9H15NO3/c1-6(11)10-5-7(4-8(12)13)9(10,2)3/h7H,4-5H2,1-3H3,(H,12,13). The first-order valence-corrected chi connectivity index (χ1v) is 4.35. The van der Waals surface area contributed by atoms with E-state index in [0.29, 0.717) is 6.54 Å². The Labute approximate surface area is 77.5 Å². The van der Waals surface area contributed by atoms with Gasteiger partial charge in [0, 0.05) is 24.9 Å². The van der Waals surface area contributed by atoms with Crippen molar-refractivity contribution >= 4 is 11.9 Å². The first-order valence-electron chi connectivity index (χ1n) is 4.35. The van der Waals surface area contributed by atoms with Gasteiger partial charge in [-0.05, 0) is 13.8 Å². The molecule has 1 fully saturated rings. The van der Waals surface area contributed by atoms with Crippen molar-refractivity contribution < 1.29 is 14.7 Å². The SMILES string of the molecule is CC(=O)N1CC(CC(=O)O)C1(C)C. The number of carbonyl (C=O) groups is 2. The summed E-state index contributed by atoms with van der Waals surface area (Å²) in [5, 5.41) is 8.60. The van der Waals surface area contributed by atoms with Crippen LogP contribution in [-0.2, 0) is 9.59 Å². The number of hydrogen-bond acceptors (Lipinski definition) is 2. The second-order valence-corrected chi connectivity index (χ2v) is 4.08. The first kappa shape index (κ1) is 10.0. The van der Waals surface area contributed by atoms with Crippen molar-refractivity contribution in [3.63, 3.8) is 0 Å². The maximum absolute atomic E-state index is 11.1. The predicted octanol–water partition coefficient (Wildman–Crippen LogP) is 0.718. The van der Waals surface area contributed by atoms with Crippen molar-refractivity contribution in [1.82, 2.24) is 4.90 Å². The zero-order valence-electron chi connectivity index (χ0n) is 8.20. The Balaban J connectivity index is 2.59. The summed E-state index contributed by atoms with van der Waals surface area (Å²) in [6, 6.07) is 0. The van der Waals surface area contributed by atoms with Crippen LogP contribution < -0.4 is 0 Å². The molecular weight excluding hydrogens is 170 g/mol. The van der Waals surface area contributed by atoms with E-state index in [1.807, 2.05) is 13.8 Å². The number of carbonyl (C=O) groups excluding carboxylic acids is 1. The molecule has 1 amide bonds. The minimum absolute atomic E-state index is 0.0200. The molecule has 1 aliphatic heterocycles. The fourth-order valence-electron chi connectivity index (χ4n) is 1.85. The molecule has 0 aromatic heterocycles. The second-order valence-electron chi connectivity index (χ2n) is 4.08. The molecule has 1 saturated heterocycles. The highest BCUT2D eigenvalue weighted by Gasteiger charge is 2.48. The Hall–Kier alpha value is -1.06. The Kier molecular flexibility index (Phi) is 2.32. The zero-order chi connectivity index (χ0) is 10.2. The normalized spacial score (nSPS) is 25.2. The summed E-state index contributed by atoms with van der Waals surface area (Å²) < 4.78 is 0. The van der Waals surface area contributed by atoms with Crippen LogP contribution in [0.2, 0.25) is 0 Å². The molecule has 1 unspecified atom stereocenters. The topological polar surface area (TPSA) is 57.6 Å². The molecule has 0 aromatic carbocycles. The minimum Gasteiger partial charge on any atom is -0.481 e. The Morgan fingerprint density at radius 3 is 2.38 bits per heavy atom. The average Bonchev–Trinajstić information content (AvgIpc) is 1.96. The third kappa shape index (κ3) is 1.66. The number of nitrogens with zero attached hydrogens (tertiary/aromatic N) is 1. The van der Waals surface area contributed by atoms with Crippen molar-refractivity contribution in [3.05, 3.63) is 0 Å². The molecule has 0 radical (unpaired) electrons. The summed E-state index contributed by atoms with van der Waals surface area (Å²) in [6.07, 6.45) is 0.150. The molecule has 1 atom stereocenters. The third-order valence-corrected chi connectivity index (χ3v) is 2.90. The van der Waals surface area contributed by atoms with Crippen LogP contribution in [0.3, 0.4) is 0 Å². The van der Waals surface area contributed by atoms with Crippen molar-refractivity contribution in [3.8, 4) is 0 Å². The maximum Gasteiger partial charge on any atom is 0.303 e. The van der Waals surface area contributed by atoms with Gasteiger partial charge in [0.1, 0.15) is 0 Å². The molecular formula is C9H15NO3. The van der Waals surface area contributed by atoms with Gasteiger partial charge in [0.15, 0.2) is 0 Å². The fourth-order valence-corrected chi connectivity index (χ4v) is 1.85. The van der Waals surface area contributed by atoms with Crippen LogP contribution in [0.15, 0.2) is 0 Å². The van der Waals surface area contributed by atoms with Gasteiger partial charge in [-0.25, -0.2) is 0 Å². The van der Waals surface area contributed by atoms with E-state index in [1.165, 1.54) is 6.92 Å². The minimum atomic E-state index is -0.790. The van der Waals surface area contributed by atoms with Gasteiger partial charge in [-0.2, -0.15) is 0 Å². The molecule has 74 valence electrons. The molecule has 1 rings (SSSR count). The predicted molar refractivity (Wildman–Crippen MR) is 47.2 cm³/mol. The van der Waals surface area contributed by atoms with Crippen LogP contribution in [0, 0.1) is 5.92 Å². The van der Waals surface area contributed by atoms with E-state index >= 15 is 0 Å². The van der Waals surface area contributed by atoms with Gasteiger partial charge in [-0.1, -0.05) is 0 Å². The molecule has 1 aliphatic rings. The third-order valence-electron chi connectivity index (χ3n) is 2.90. The van der Waals surface area contributed by atoms with Crippen molar-refractivity contribution in [2.45, 2.75) is 32.7 Å². The number of carboxylic acid groups (broad SMARTS) is 1. The lowest BCUT2D eigenvalue weighted by Crippen LogP contribution is -2.65. The number of rotatable bonds is 2. The van der Waals surface area contributed by atoms with Crippen LogP contribution in [0.4, 0.5) is 0 Å². The summed E-state index contributed by atoms with van der Waals surface area (Å²) >= 11 is 0. The van der Waals surface area contributed by atoms with Crippen LogP contribution >= 0.6 is 0 Å². The lowest BCUT2D eigenvalue weighted by atomic mass is 9.75. The summed E-state index contributed by atoms with van der Waals surface area (Å²) in [5.41, 5.74) is -0.287. The van der Waals surface area contributed by atoms with Crippen molar-refractivity contribution in [2.24, 2.45) is 5.92 Å². The van der Waals surface area contributed by atoms with Crippen molar-refractivity contribution in [2.75, 3.05) is 6.54 Å². The van der Waals surface area contributed by atoms with E-state index in [4.69, 9.17) is 5.11 Å². The Bertz CT molecular complexity index is 247. The van der Waals surface area contributed by atoms with Gasteiger partial charge in [-0.3, -0.25) is 9.59 Å². The molecule has 1 heterocycles. The first-order chi connectivity index (χ1) is 5.85. The monoisotopic (exact) mass is 185 g/mol. The largest absolute Gasteiger partial charge is 0.481 e. The Morgan fingerprint density at radius 1 is 1.54 bits per heavy atom. The van der Waals surface area contributed by atoms with Gasteiger partial charge < -0.3 is 10.0 Å². The average molecular weight is 185 g/mol. The molecule has 1 N–H and O–H groups in total.